The van der Waals surface area contributed by atoms with E-state index in [0.717, 1.165) is 40.5 Å². The third kappa shape index (κ3) is 2.29. The van der Waals surface area contributed by atoms with Gasteiger partial charge in [0.2, 0.25) is 4.96 Å². The molecule has 4 aliphatic rings. The Hall–Kier alpha value is -1.75. The minimum Gasteiger partial charge on any atom is -0.183 e. The zero-order valence-corrected chi connectivity index (χ0v) is 16.0. The first-order chi connectivity index (χ1) is 12.7. The maximum Gasteiger partial charge on any atom is 0.234 e. The molecule has 0 aliphatic heterocycles. The van der Waals surface area contributed by atoms with Gasteiger partial charge in [-0.05, 0) is 74.2 Å². The van der Waals surface area contributed by atoms with Crippen LogP contribution in [0.15, 0.2) is 24.3 Å². The fraction of sp³-hybridized carbons (Fsp3) is 0.571. The standard InChI is InChI=1S/C21H24N4S/c1-13-4-2-3-5-17(13)19-22-23-20-25(19)24-18(26-20)12-21-9-14-6-15(10-21)8-16(7-14)11-21/h2-5,14-16H,6-12H2,1H3. The summed E-state index contributed by atoms with van der Waals surface area (Å²) in [6.07, 6.45) is 9.96. The van der Waals surface area contributed by atoms with Gasteiger partial charge in [-0.1, -0.05) is 35.6 Å². The van der Waals surface area contributed by atoms with Crippen LogP contribution >= 0.6 is 11.3 Å². The quantitative estimate of drug-likeness (QED) is 0.662. The fourth-order valence-corrected chi connectivity index (χ4v) is 7.55. The van der Waals surface area contributed by atoms with Gasteiger partial charge in [0.25, 0.3) is 0 Å². The molecule has 2 heterocycles. The Morgan fingerprint density at radius 2 is 1.73 bits per heavy atom. The van der Waals surface area contributed by atoms with Crippen LogP contribution in [0.25, 0.3) is 16.3 Å². The van der Waals surface area contributed by atoms with E-state index in [-0.39, 0.29) is 0 Å². The van der Waals surface area contributed by atoms with Gasteiger partial charge in [-0.3, -0.25) is 0 Å². The van der Waals surface area contributed by atoms with Gasteiger partial charge in [0.1, 0.15) is 5.01 Å². The number of fused-ring (bicyclic) bond motifs is 1. The van der Waals surface area contributed by atoms with Crippen LogP contribution in [0.5, 0.6) is 0 Å². The van der Waals surface area contributed by atoms with Crippen molar-refractivity contribution in [1.29, 1.82) is 0 Å². The average molecular weight is 365 g/mol. The Labute approximate surface area is 157 Å². The highest BCUT2D eigenvalue weighted by atomic mass is 32.1. The number of aromatic nitrogens is 4. The third-order valence-corrected chi connectivity index (χ3v) is 8.01. The molecular formula is C21H24N4S. The fourth-order valence-electron chi connectivity index (χ4n) is 6.55. The first kappa shape index (κ1) is 15.3. The van der Waals surface area contributed by atoms with E-state index in [2.05, 4.69) is 41.4 Å². The normalized spacial score (nSPS) is 32.6. The molecule has 0 atom stereocenters. The first-order valence-electron chi connectivity index (χ1n) is 9.95. The predicted molar refractivity (Wildman–Crippen MR) is 103 cm³/mol. The summed E-state index contributed by atoms with van der Waals surface area (Å²) in [4.78, 5) is 0.933. The van der Waals surface area contributed by atoms with Crippen LogP contribution in [0.4, 0.5) is 0 Å². The Balaban J connectivity index is 1.35. The van der Waals surface area contributed by atoms with Crippen LogP contribution < -0.4 is 0 Å². The van der Waals surface area contributed by atoms with Crippen LogP contribution in [0.1, 0.15) is 49.1 Å². The summed E-state index contributed by atoms with van der Waals surface area (Å²) in [7, 11) is 0. The molecule has 0 spiro atoms. The predicted octanol–water partition coefficient (Wildman–Crippen LogP) is 4.92. The maximum absolute atomic E-state index is 4.98. The lowest BCUT2D eigenvalue weighted by atomic mass is 9.49. The summed E-state index contributed by atoms with van der Waals surface area (Å²) in [5.74, 6) is 3.87. The van der Waals surface area contributed by atoms with E-state index < -0.39 is 0 Å². The molecule has 7 rings (SSSR count). The Morgan fingerprint density at radius 3 is 2.42 bits per heavy atom. The van der Waals surface area contributed by atoms with Gasteiger partial charge in [0.15, 0.2) is 5.82 Å². The molecule has 0 saturated heterocycles. The molecule has 5 heteroatoms. The summed E-state index contributed by atoms with van der Waals surface area (Å²) in [6, 6.07) is 8.37. The second-order valence-corrected chi connectivity index (χ2v) is 10.2. The zero-order valence-electron chi connectivity index (χ0n) is 15.2. The second-order valence-electron chi connectivity index (χ2n) is 9.12. The van der Waals surface area contributed by atoms with Crippen molar-refractivity contribution in [3.63, 3.8) is 0 Å². The van der Waals surface area contributed by atoms with Gasteiger partial charge >= 0.3 is 0 Å². The van der Waals surface area contributed by atoms with E-state index in [0.29, 0.717) is 5.41 Å². The van der Waals surface area contributed by atoms with Gasteiger partial charge in [-0.25, -0.2) is 0 Å². The van der Waals surface area contributed by atoms with Crippen molar-refractivity contribution < 1.29 is 0 Å². The number of rotatable bonds is 3. The number of hydrogen-bond acceptors (Lipinski definition) is 4. The molecule has 3 aromatic rings. The molecule has 4 nitrogen and oxygen atoms in total. The van der Waals surface area contributed by atoms with Gasteiger partial charge in [0, 0.05) is 12.0 Å². The Kier molecular flexibility index (Phi) is 3.17. The van der Waals surface area contributed by atoms with E-state index in [9.17, 15) is 0 Å². The largest absolute Gasteiger partial charge is 0.234 e. The van der Waals surface area contributed by atoms with Crippen molar-refractivity contribution in [2.24, 2.45) is 23.2 Å². The lowest BCUT2D eigenvalue weighted by molar-refractivity contribution is -0.0522. The summed E-state index contributed by atoms with van der Waals surface area (Å²) >= 11 is 1.75. The number of aryl methyl sites for hydroxylation is 1. The Morgan fingerprint density at radius 1 is 1.04 bits per heavy atom. The van der Waals surface area contributed by atoms with Crippen LogP contribution in [-0.4, -0.2) is 19.8 Å². The van der Waals surface area contributed by atoms with Crippen molar-refractivity contribution >= 4 is 16.3 Å². The smallest absolute Gasteiger partial charge is 0.183 e. The molecule has 134 valence electrons. The van der Waals surface area contributed by atoms with Crippen molar-refractivity contribution in [3.05, 3.63) is 34.8 Å². The SMILES string of the molecule is Cc1ccccc1-c1nnc2sc(CC34CC5CC(CC(C5)C3)C4)nn12. The summed E-state index contributed by atoms with van der Waals surface area (Å²) < 4.78 is 1.98. The molecule has 4 saturated carbocycles. The summed E-state index contributed by atoms with van der Waals surface area (Å²) in [5, 5.41) is 15.1. The van der Waals surface area contributed by atoms with Crippen LogP contribution in [0.2, 0.25) is 0 Å². The lowest BCUT2D eigenvalue weighted by Crippen LogP contribution is -2.47. The molecule has 4 aliphatic carbocycles. The summed E-state index contributed by atoms with van der Waals surface area (Å²) in [6.45, 7) is 2.12. The van der Waals surface area contributed by atoms with Crippen LogP contribution in [0, 0.1) is 30.1 Å². The molecule has 4 fully saturated rings. The monoisotopic (exact) mass is 364 g/mol. The minimum atomic E-state index is 0.529. The van der Waals surface area contributed by atoms with E-state index in [1.807, 2.05) is 4.52 Å². The van der Waals surface area contributed by atoms with Crippen molar-refractivity contribution in [1.82, 2.24) is 19.8 Å². The second kappa shape index (κ2) is 5.38. The first-order valence-corrected chi connectivity index (χ1v) is 10.8. The van der Waals surface area contributed by atoms with Crippen molar-refractivity contribution in [2.75, 3.05) is 0 Å². The number of benzene rings is 1. The Bertz CT molecular complexity index is 950. The molecule has 26 heavy (non-hydrogen) atoms. The summed E-state index contributed by atoms with van der Waals surface area (Å²) in [5.41, 5.74) is 2.88. The van der Waals surface area contributed by atoms with E-state index in [1.54, 1.807) is 11.3 Å². The molecule has 1 aromatic carbocycles. The maximum atomic E-state index is 4.98. The van der Waals surface area contributed by atoms with Gasteiger partial charge in [0.05, 0.1) is 0 Å². The highest BCUT2D eigenvalue weighted by Gasteiger charge is 2.51. The highest BCUT2D eigenvalue weighted by molar-refractivity contribution is 7.16. The minimum absolute atomic E-state index is 0.529. The zero-order chi connectivity index (χ0) is 17.3. The van der Waals surface area contributed by atoms with E-state index in [1.165, 1.54) is 49.1 Å². The number of nitrogens with zero attached hydrogens (tertiary/aromatic N) is 4. The van der Waals surface area contributed by atoms with Crippen LogP contribution in [0.3, 0.4) is 0 Å². The van der Waals surface area contributed by atoms with Gasteiger partial charge in [-0.2, -0.15) is 9.61 Å². The average Bonchev–Trinajstić information content (AvgIpc) is 3.13. The molecule has 0 N–H and O–H groups in total. The number of hydrogen-bond donors (Lipinski definition) is 0. The molecule has 0 amide bonds. The molecule has 0 radical (unpaired) electrons. The molecule has 0 unspecified atom stereocenters. The third-order valence-electron chi connectivity index (χ3n) is 7.11. The van der Waals surface area contributed by atoms with E-state index in [4.69, 9.17) is 5.10 Å². The molecule has 4 bridgehead atoms. The highest BCUT2D eigenvalue weighted by Crippen LogP contribution is 2.61. The molecule has 2 aromatic heterocycles. The van der Waals surface area contributed by atoms with Gasteiger partial charge in [-0.15, -0.1) is 10.2 Å². The van der Waals surface area contributed by atoms with Crippen molar-refractivity contribution in [2.45, 2.75) is 51.9 Å². The van der Waals surface area contributed by atoms with E-state index >= 15 is 0 Å². The molecular weight excluding hydrogens is 340 g/mol. The van der Waals surface area contributed by atoms with Crippen LogP contribution in [-0.2, 0) is 6.42 Å². The van der Waals surface area contributed by atoms with Crippen molar-refractivity contribution in [3.8, 4) is 11.4 Å². The topological polar surface area (TPSA) is 43.1 Å². The van der Waals surface area contributed by atoms with Gasteiger partial charge < -0.3 is 0 Å². The lowest BCUT2D eigenvalue weighted by Gasteiger charge is -2.56.